The van der Waals surface area contributed by atoms with E-state index in [1.807, 2.05) is 12.1 Å². The SMILES string of the molecule is Nc1ccc(-c2nc(-c3cncs3)no2)cc1Br. The summed E-state index contributed by atoms with van der Waals surface area (Å²) in [5, 5.41) is 3.92. The topological polar surface area (TPSA) is 77.8 Å². The minimum atomic E-state index is 0.458. The molecular weight excluding hydrogens is 316 g/mol. The second-order valence-electron chi connectivity index (χ2n) is 3.53. The van der Waals surface area contributed by atoms with Crippen LogP contribution in [0.15, 0.2) is 38.9 Å². The Kier molecular flexibility index (Phi) is 2.85. The molecule has 2 heterocycles. The number of hydrogen-bond acceptors (Lipinski definition) is 6. The molecule has 7 heteroatoms. The maximum atomic E-state index is 5.73. The first-order chi connectivity index (χ1) is 8.74. The van der Waals surface area contributed by atoms with Crippen LogP contribution in [0.5, 0.6) is 0 Å². The van der Waals surface area contributed by atoms with Gasteiger partial charge in [-0.2, -0.15) is 4.98 Å². The van der Waals surface area contributed by atoms with Gasteiger partial charge >= 0.3 is 0 Å². The Balaban J connectivity index is 2.00. The van der Waals surface area contributed by atoms with Crippen LogP contribution in [0.1, 0.15) is 0 Å². The third kappa shape index (κ3) is 2.02. The Hall–Kier alpha value is -1.73. The van der Waals surface area contributed by atoms with E-state index < -0.39 is 0 Å². The molecule has 90 valence electrons. The van der Waals surface area contributed by atoms with Gasteiger partial charge in [-0.25, -0.2) is 0 Å². The minimum Gasteiger partial charge on any atom is -0.398 e. The van der Waals surface area contributed by atoms with E-state index in [1.54, 1.807) is 17.8 Å². The molecule has 5 nitrogen and oxygen atoms in total. The lowest BCUT2D eigenvalue weighted by Gasteiger charge is -1.98. The highest BCUT2D eigenvalue weighted by molar-refractivity contribution is 9.10. The quantitative estimate of drug-likeness (QED) is 0.733. The van der Waals surface area contributed by atoms with Crippen LogP contribution in [0.2, 0.25) is 0 Å². The van der Waals surface area contributed by atoms with Crippen LogP contribution in [0, 0.1) is 0 Å². The molecule has 0 saturated carbocycles. The van der Waals surface area contributed by atoms with Crippen molar-refractivity contribution in [1.82, 2.24) is 15.1 Å². The number of anilines is 1. The number of rotatable bonds is 2. The standard InChI is InChI=1S/C11H7BrN4OS/c12-7-3-6(1-2-8(7)13)11-15-10(16-17-11)9-4-14-5-18-9/h1-5H,13H2. The Bertz CT molecular complexity index is 680. The number of benzene rings is 1. The van der Waals surface area contributed by atoms with Crippen molar-refractivity contribution in [3.05, 3.63) is 34.4 Å². The van der Waals surface area contributed by atoms with Gasteiger partial charge in [0, 0.05) is 21.9 Å². The van der Waals surface area contributed by atoms with Gasteiger partial charge in [-0.1, -0.05) is 5.16 Å². The lowest BCUT2D eigenvalue weighted by molar-refractivity contribution is 0.432. The zero-order valence-electron chi connectivity index (χ0n) is 9.00. The summed E-state index contributed by atoms with van der Waals surface area (Å²) in [6.45, 7) is 0. The molecule has 0 aliphatic carbocycles. The molecule has 0 saturated heterocycles. The first kappa shape index (κ1) is 11.4. The van der Waals surface area contributed by atoms with Crippen molar-refractivity contribution >= 4 is 33.0 Å². The van der Waals surface area contributed by atoms with Gasteiger partial charge in [0.15, 0.2) is 0 Å². The van der Waals surface area contributed by atoms with Gasteiger partial charge in [-0.3, -0.25) is 4.98 Å². The van der Waals surface area contributed by atoms with E-state index in [0.717, 1.165) is 14.9 Å². The zero-order chi connectivity index (χ0) is 12.5. The first-order valence-corrected chi connectivity index (χ1v) is 6.69. The summed E-state index contributed by atoms with van der Waals surface area (Å²) < 4.78 is 6.03. The number of thiazole rings is 1. The van der Waals surface area contributed by atoms with Gasteiger partial charge in [0.2, 0.25) is 5.82 Å². The highest BCUT2D eigenvalue weighted by Crippen LogP contribution is 2.28. The van der Waals surface area contributed by atoms with Crippen LogP contribution >= 0.6 is 27.3 Å². The molecule has 0 spiro atoms. The molecule has 0 amide bonds. The fourth-order valence-corrected chi connectivity index (χ4v) is 2.35. The van der Waals surface area contributed by atoms with E-state index in [4.69, 9.17) is 10.3 Å². The van der Waals surface area contributed by atoms with E-state index in [9.17, 15) is 0 Å². The zero-order valence-corrected chi connectivity index (χ0v) is 11.4. The average Bonchev–Trinajstić information content (AvgIpc) is 3.01. The molecule has 0 aliphatic rings. The van der Waals surface area contributed by atoms with Crippen molar-refractivity contribution in [3.8, 4) is 22.2 Å². The summed E-state index contributed by atoms with van der Waals surface area (Å²) in [7, 11) is 0. The molecule has 1 aromatic carbocycles. The maximum Gasteiger partial charge on any atom is 0.258 e. The van der Waals surface area contributed by atoms with Gasteiger partial charge < -0.3 is 10.3 Å². The fraction of sp³-hybridized carbons (Fsp3) is 0. The molecule has 2 aromatic heterocycles. The summed E-state index contributed by atoms with van der Waals surface area (Å²) in [6.07, 6.45) is 1.71. The van der Waals surface area contributed by atoms with E-state index in [0.29, 0.717) is 17.4 Å². The van der Waals surface area contributed by atoms with E-state index in [-0.39, 0.29) is 0 Å². The number of hydrogen-bond donors (Lipinski definition) is 1. The van der Waals surface area contributed by atoms with Crippen molar-refractivity contribution in [2.75, 3.05) is 5.73 Å². The second-order valence-corrected chi connectivity index (χ2v) is 5.27. The Labute approximate surface area is 115 Å². The van der Waals surface area contributed by atoms with Crippen LogP contribution in [-0.2, 0) is 0 Å². The molecule has 0 radical (unpaired) electrons. The highest BCUT2D eigenvalue weighted by Gasteiger charge is 2.12. The van der Waals surface area contributed by atoms with Gasteiger partial charge in [-0.05, 0) is 34.1 Å². The molecule has 0 aliphatic heterocycles. The maximum absolute atomic E-state index is 5.73. The number of nitrogens with zero attached hydrogens (tertiary/aromatic N) is 3. The van der Waals surface area contributed by atoms with E-state index in [1.165, 1.54) is 11.3 Å². The third-order valence-corrected chi connectivity index (χ3v) is 3.78. The lowest BCUT2D eigenvalue weighted by atomic mass is 10.2. The van der Waals surface area contributed by atoms with E-state index >= 15 is 0 Å². The van der Waals surface area contributed by atoms with Gasteiger partial charge in [0.05, 0.1) is 10.4 Å². The average molecular weight is 323 g/mol. The first-order valence-electron chi connectivity index (χ1n) is 5.02. The summed E-state index contributed by atoms with van der Waals surface area (Å²) in [5.41, 5.74) is 8.94. The van der Waals surface area contributed by atoms with Gasteiger partial charge in [0.25, 0.3) is 5.89 Å². The Morgan fingerprint density at radius 3 is 2.94 bits per heavy atom. The van der Waals surface area contributed by atoms with Crippen LogP contribution in [0.25, 0.3) is 22.2 Å². The Morgan fingerprint density at radius 1 is 1.33 bits per heavy atom. The molecule has 18 heavy (non-hydrogen) atoms. The summed E-state index contributed by atoms with van der Waals surface area (Å²) in [4.78, 5) is 9.18. The van der Waals surface area contributed by atoms with Crippen molar-refractivity contribution < 1.29 is 4.52 Å². The van der Waals surface area contributed by atoms with Crippen molar-refractivity contribution in [1.29, 1.82) is 0 Å². The summed E-state index contributed by atoms with van der Waals surface area (Å²) >= 11 is 4.83. The molecule has 3 aromatic rings. The smallest absolute Gasteiger partial charge is 0.258 e. The van der Waals surface area contributed by atoms with Crippen LogP contribution in [0.3, 0.4) is 0 Å². The predicted molar refractivity (Wildman–Crippen MR) is 73.0 cm³/mol. The largest absolute Gasteiger partial charge is 0.398 e. The molecule has 3 rings (SSSR count). The third-order valence-electron chi connectivity index (χ3n) is 2.33. The van der Waals surface area contributed by atoms with Crippen LogP contribution < -0.4 is 5.73 Å². The van der Waals surface area contributed by atoms with Crippen LogP contribution in [0.4, 0.5) is 5.69 Å². The number of aromatic nitrogens is 3. The minimum absolute atomic E-state index is 0.458. The lowest BCUT2D eigenvalue weighted by Crippen LogP contribution is -1.87. The highest BCUT2D eigenvalue weighted by atomic mass is 79.9. The Morgan fingerprint density at radius 2 is 2.22 bits per heavy atom. The fourth-order valence-electron chi connectivity index (χ4n) is 1.43. The number of halogens is 1. The van der Waals surface area contributed by atoms with Crippen molar-refractivity contribution in [2.45, 2.75) is 0 Å². The predicted octanol–water partition coefficient (Wildman–Crippen LogP) is 3.20. The van der Waals surface area contributed by atoms with Crippen LogP contribution in [-0.4, -0.2) is 15.1 Å². The number of nitrogens with two attached hydrogens (primary N) is 1. The summed E-state index contributed by atoms with van der Waals surface area (Å²) in [6, 6.07) is 5.47. The molecule has 2 N–H and O–H groups in total. The normalized spacial score (nSPS) is 10.7. The molecule has 0 bridgehead atoms. The van der Waals surface area contributed by atoms with Gasteiger partial charge in [0.1, 0.15) is 0 Å². The molecule has 0 fully saturated rings. The summed E-state index contributed by atoms with van der Waals surface area (Å²) in [5.74, 6) is 1.000. The van der Waals surface area contributed by atoms with E-state index in [2.05, 4.69) is 31.1 Å². The molecule has 0 unspecified atom stereocenters. The van der Waals surface area contributed by atoms with Gasteiger partial charge in [-0.15, -0.1) is 11.3 Å². The van der Waals surface area contributed by atoms with Crippen molar-refractivity contribution in [2.24, 2.45) is 0 Å². The number of nitrogen functional groups attached to an aromatic ring is 1. The van der Waals surface area contributed by atoms with Crippen molar-refractivity contribution in [3.63, 3.8) is 0 Å². The second kappa shape index (κ2) is 4.51. The molecular formula is C11H7BrN4OS. The molecule has 0 atom stereocenters. The monoisotopic (exact) mass is 322 g/mol.